The average Bonchev–Trinajstić information content (AvgIpc) is 2.45. The maximum Gasteiger partial charge on any atom is 0.118 e. The van der Waals surface area contributed by atoms with Gasteiger partial charge in [0.05, 0.1) is 21.1 Å². The van der Waals surface area contributed by atoms with E-state index in [2.05, 4.69) is 82.3 Å². The van der Waals surface area contributed by atoms with Gasteiger partial charge in [-0.25, -0.2) is 0 Å². The highest BCUT2D eigenvalue weighted by Crippen LogP contribution is 2.27. The number of hydrogen-bond acceptors (Lipinski definition) is 0. The van der Waals surface area contributed by atoms with Crippen LogP contribution >= 0.6 is 0 Å². The van der Waals surface area contributed by atoms with E-state index in [1.54, 1.807) is 0 Å². The van der Waals surface area contributed by atoms with Crippen LogP contribution in [0, 0.1) is 0 Å². The van der Waals surface area contributed by atoms with Crippen molar-refractivity contribution in [1.29, 1.82) is 0 Å². The Morgan fingerprint density at radius 1 is 0.952 bits per heavy atom. The van der Waals surface area contributed by atoms with Crippen LogP contribution < -0.4 is 12.4 Å². The van der Waals surface area contributed by atoms with Crippen LogP contribution in [0.3, 0.4) is 0 Å². The maximum atomic E-state index is 3.82. The van der Waals surface area contributed by atoms with Crippen LogP contribution in [0.5, 0.6) is 0 Å². The summed E-state index contributed by atoms with van der Waals surface area (Å²) in [5, 5.41) is 0. The van der Waals surface area contributed by atoms with Crippen molar-refractivity contribution in [3.8, 4) is 0 Å². The lowest BCUT2D eigenvalue weighted by Crippen LogP contribution is -3.00. The lowest BCUT2D eigenvalue weighted by atomic mass is 9.96. The van der Waals surface area contributed by atoms with Crippen molar-refractivity contribution in [2.75, 3.05) is 21.1 Å². The van der Waals surface area contributed by atoms with Gasteiger partial charge in [0, 0.05) is 12.0 Å². The molecule has 0 aliphatic rings. The molecule has 0 aliphatic heterocycles. The Morgan fingerprint density at radius 3 is 2.00 bits per heavy atom. The van der Waals surface area contributed by atoms with Crippen LogP contribution in [0.25, 0.3) is 6.08 Å². The molecular formula is C19H24ClN. The van der Waals surface area contributed by atoms with Crippen LogP contribution in [-0.2, 0) is 6.42 Å². The van der Waals surface area contributed by atoms with Crippen molar-refractivity contribution in [3.05, 3.63) is 77.9 Å². The molecule has 2 aromatic carbocycles. The Morgan fingerprint density at radius 2 is 1.52 bits per heavy atom. The molecule has 1 nitrogen and oxygen atoms in total. The second-order valence-electron chi connectivity index (χ2n) is 6.19. The van der Waals surface area contributed by atoms with Gasteiger partial charge in [-0.05, 0) is 11.1 Å². The van der Waals surface area contributed by atoms with Crippen LogP contribution in [0.15, 0.2) is 61.2 Å². The first-order valence-electron chi connectivity index (χ1n) is 7.08. The molecule has 0 bridgehead atoms. The largest absolute Gasteiger partial charge is 1.00 e. The van der Waals surface area contributed by atoms with Gasteiger partial charge < -0.3 is 16.9 Å². The summed E-state index contributed by atoms with van der Waals surface area (Å²) in [6, 6.07) is 19.9. The molecule has 0 fully saturated rings. The molecule has 1 atom stereocenters. The van der Waals surface area contributed by atoms with Gasteiger partial charge in [0.15, 0.2) is 0 Å². The summed E-state index contributed by atoms with van der Waals surface area (Å²) in [6.07, 6.45) is 2.94. The van der Waals surface area contributed by atoms with Crippen LogP contribution in [0.1, 0.15) is 22.7 Å². The van der Waals surface area contributed by atoms with E-state index < -0.39 is 0 Å². The normalized spacial score (nSPS) is 12.3. The SMILES string of the molecule is C=Cc1ccc(C(Cc2ccccc2)[N+](C)(C)C)cc1.[Cl-]. The fourth-order valence-corrected chi connectivity index (χ4v) is 2.53. The van der Waals surface area contributed by atoms with Gasteiger partial charge >= 0.3 is 0 Å². The summed E-state index contributed by atoms with van der Waals surface area (Å²) < 4.78 is 0.919. The second-order valence-corrected chi connectivity index (χ2v) is 6.19. The van der Waals surface area contributed by atoms with Crippen molar-refractivity contribution >= 4 is 6.08 Å². The van der Waals surface area contributed by atoms with Gasteiger partial charge in [0.2, 0.25) is 0 Å². The minimum absolute atomic E-state index is 0. The Labute approximate surface area is 134 Å². The molecule has 0 radical (unpaired) electrons. The van der Waals surface area contributed by atoms with Crippen molar-refractivity contribution in [1.82, 2.24) is 0 Å². The van der Waals surface area contributed by atoms with E-state index in [0.717, 1.165) is 10.9 Å². The summed E-state index contributed by atoms with van der Waals surface area (Å²) >= 11 is 0. The van der Waals surface area contributed by atoms with Crippen LogP contribution in [0.4, 0.5) is 0 Å². The monoisotopic (exact) mass is 301 g/mol. The number of halogens is 1. The van der Waals surface area contributed by atoms with Crippen LogP contribution in [-0.4, -0.2) is 25.6 Å². The predicted molar refractivity (Wildman–Crippen MR) is 87.5 cm³/mol. The van der Waals surface area contributed by atoms with Crippen molar-refractivity contribution in [2.45, 2.75) is 12.5 Å². The number of hydrogen-bond donors (Lipinski definition) is 0. The zero-order chi connectivity index (χ0) is 14.6. The van der Waals surface area contributed by atoms with Gasteiger partial charge in [-0.2, -0.15) is 0 Å². The zero-order valence-electron chi connectivity index (χ0n) is 13.1. The molecule has 0 saturated carbocycles. The first-order chi connectivity index (χ1) is 9.50. The number of nitrogens with zero attached hydrogens (tertiary/aromatic N) is 1. The fraction of sp³-hybridized carbons (Fsp3) is 0.263. The van der Waals surface area contributed by atoms with Crippen molar-refractivity contribution < 1.29 is 16.9 Å². The Kier molecular flexibility index (Phi) is 6.19. The molecular weight excluding hydrogens is 278 g/mol. The third-order valence-electron chi connectivity index (χ3n) is 3.76. The third-order valence-corrected chi connectivity index (χ3v) is 3.76. The van der Waals surface area contributed by atoms with E-state index in [0.29, 0.717) is 6.04 Å². The highest BCUT2D eigenvalue weighted by molar-refractivity contribution is 5.47. The first-order valence-corrected chi connectivity index (χ1v) is 7.08. The van der Waals surface area contributed by atoms with Gasteiger partial charge in [-0.1, -0.05) is 67.3 Å². The minimum atomic E-state index is 0. The molecule has 2 aromatic rings. The van der Waals surface area contributed by atoms with E-state index >= 15 is 0 Å². The molecule has 2 rings (SSSR count). The highest BCUT2D eigenvalue weighted by atomic mass is 35.5. The molecule has 0 amide bonds. The summed E-state index contributed by atoms with van der Waals surface area (Å²) in [5.41, 5.74) is 3.94. The second kappa shape index (κ2) is 7.44. The number of benzene rings is 2. The van der Waals surface area contributed by atoms with Gasteiger partial charge in [0.1, 0.15) is 6.04 Å². The van der Waals surface area contributed by atoms with E-state index in [-0.39, 0.29) is 12.4 Å². The summed E-state index contributed by atoms with van der Waals surface area (Å²) in [7, 11) is 6.78. The quantitative estimate of drug-likeness (QED) is 0.731. The molecule has 1 unspecified atom stereocenters. The minimum Gasteiger partial charge on any atom is -1.00 e. The molecule has 0 saturated heterocycles. The maximum absolute atomic E-state index is 3.82. The molecule has 0 aromatic heterocycles. The van der Waals surface area contributed by atoms with Crippen LogP contribution in [0.2, 0.25) is 0 Å². The molecule has 2 heteroatoms. The van der Waals surface area contributed by atoms with E-state index in [1.807, 2.05) is 6.08 Å². The Balaban J connectivity index is 0.00000220. The zero-order valence-corrected chi connectivity index (χ0v) is 13.8. The fourth-order valence-electron chi connectivity index (χ4n) is 2.53. The lowest BCUT2D eigenvalue weighted by molar-refractivity contribution is -0.902. The van der Waals surface area contributed by atoms with Crippen molar-refractivity contribution in [3.63, 3.8) is 0 Å². The smallest absolute Gasteiger partial charge is 0.118 e. The molecule has 0 aliphatic carbocycles. The molecule has 112 valence electrons. The first kappa shape index (κ1) is 17.5. The highest BCUT2D eigenvalue weighted by Gasteiger charge is 2.25. The van der Waals surface area contributed by atoms with Gasteiger partial charge in [0.25, 0.3) is 0 Å². The van der Waals surface area contributed by atoms with E-state index in [4.69, 9.17) is 0 Å². The number of rotatable bonds is 5. The van der Waals surface area contributed by atoms with Gasteiger partial charge in [-0.3, -0.25) is 0 Å². The van der Waals surface area contributed by atoms with E-state index in [9.17, 15) is 0 Å². The standard InChI is InChI=1S/C19H24N.ClH/c1-5-16-11-13-18(14-12-16)19(20(2,3)4)15-17-9-7-6-8-10-17;/h5-14,19H,1,15H2,2-4H3;1H/q+1;/p-1. The molecule has 0 heterocycles. The molecule has 0 N–H and O–H groups in total. The van der Waals surface area contributed by atoms with E-state index in [1.165, 1.54) is 16.7 Å². The molecule has 0 spiro atoms. The number of quaternary nitrogens is 1. The average molecular weight is 302 g/mol. The summed E-state index contributed by atoms with van der Waals surface area (Å²) in [4.78, 5) is 0. The third kappa shape index (κ3) is 4.73. The Bertz CT molecular complexity index is 552. The lowest BCUT2D eigenvalue weighted by Gasteiger charge is -2.34. The predicted octanol–water partition coefficient (Wildman–Crippen LogP) is 1.32. The van der Waals surface area contributed by atoms with Gasteiger partial charge in [-0.15, -0.1) is 0 Å². The summed E-state index contributed by atoms with van der Waals surface area (Å²) in [6.45, 7) is 3.82. The summed E-state index contributed by atoms with van der Waals surface area (Å²) in [5.74, 6) is 0. The van der Waals surface area contributed by atoms with Crippen molar-refractivity contribution in [2.24, 2.45) is 0 Å². The number of likely N-dealkylation sites (N-methyl/N-ethyl adjacent to an activating group) is 1. The molecule has 21 heavy (non-hydrogen) atoms. The topological polar surface area (TPSA) is 0 Å². The Hall–Kier alpha value is -1.57.